The molecule has 0 spiro atoms. The van der Waals surface area contributed by atoms with Crippen LogP contribution in [0.3, 0.4) is 0 Å². The lowest BCUT2D eigenvalue weighted by Crippen LogP contribution is -2.50. The number of ether oxygens (including phenoxy) is 4. The summed E-state index contributed by atoms with van der Waals surface area (Å²) in [5, 5.41) is 29.7. The van der Waals surface area contributed by atoms with Gasteiger partial charge in [0.1, 0.15) is 11.9 Å². The highest BCUT2D eigenvalue weighted by molar-refractivity contribution is 5.26. The molecule has 7 nitrogen and oxygen atoms in total. The van der Waals surface area contributed by atoms with Crippen LogP contribution in [-0.2, 0) is 27.4 Å². The van der Waals surface area contributed by atoms with E-state index in [1.807, 2.05) is 54.6 Å². The normalized spacial score (nSPS) is 24.1. The molecular formula is C26H34O7. The maximum Gasteiger partial charge on any atom is 0.118 e. The molecule has 2 aromatic rings. The highest BCUT2D eigenvalue weighted by Crippen LogP contribution is 2.27. The van der Waals surface area contributed by atoms with Crippen molar-refractivity contribution in [1.82, 2.24) is 0 Å². The van der Waals surface area contributed by atoms with E-state index in [2.05, 4.69) is 0 Å². The van der Waals surface area contributed by atoms with Gasteiger partial charge in [-0.05, 0) is 23.3 Å². The molecule has 1 saturated heterocycles. The summed E-state index contributed by atoms with van der Waals surface area (Å²) < 4.78 is 23.4. The van der Waals surface area contributed by atoms with Crippen molar-refractivity contribution < 1.29 is 34.3 Å². The van der Waals surface area contributed by atoms with E-state index in [4.69, 9.17) is 24.1 Å². The van der Waals surface area contributed by atoms with Crippen LogP contribution in [-0.4, -0.2) is 66.2 Å². The van der Waals surface area contributed by atoms with Crippen LogP contribution in [0.2, 0.25) is 0 Å². The van der Waals surface area contributed by atoms with Gasteiger partial charge in [0.15, 0.2) is 0 Å². The van der Waals surface area contributed by atoms with Gasteiger partial charge in [0.2, 0.25) is 0 Å². The summed E-state index contributed by atoms with van der Waals surface area (Å²) in [6, 6.07) is 17.5. The van der Waals surface area contributed by atoms with Gasteiger partial charge in [0, 0.05) is 12.8 Å². The van der Waals surface area contributed by atoms with E-state index in [0.717, 1.165) is 16.9 Å². The molecule has 0 saturated carbocycles. The third-order valence-electron chi connectivity index (χ3n) is 5.62. The van der Waals surface area contributed by atoms with Crippen molar-refractivity contribution in [2.45, 2.75) is 56.6 Å². The second-order valence-corrected chi connectivity index (χ2v) is 8.13. The molecule has 5 atom stereocenters. The lowest BCUT2D eigenvalue weighted by molar-refractivity contribution is -0.206. The maximum atomic E-state index is 10.6. The summed E-state index contributed by atoms with van der Waals surface area (Å²) in [6.45, 7) is 0.951. The molecule has 1 unspecified atom stereocenters. The maximum absolute atomic E-state index is 10.6. The third-order valence-corrected chi connectivity index (χ3v) is 5.62. The van der Waals surface area contributed by atoms with Gasteiger partial charge < -0.3 is 34.3 Å². The van der Waals surface area contributed by atoms with Crippen molar-refractivity contribution in [3.05, 3.63) is 77.9 Å². The Hall–Kier alpha value is -2.26. The standard InChI is InChI=1S/C26H34O7/c1-30-22-11-9-20(10-12-22)16-31-18-26-25(32-17-19-6-3-2-4-7-19)15-23(29)24(33-26)14-21(28)8-5-13-27/h2-12,21,23-29H,13-18H2,1H3/b8-5-/t21?,23-,24+,25+,26-/m1/s1. The van der Waals surface area contributed by atoms with Crippen LogP contribution in [0.4, 0.5) is 0 Å². The predicted octanol–water partition coefficient (Wildman–Crippen LogP) is 2.62. The van der Waals surface area contributed by atoms with Crippen LogP contribution in [0.5, 0.6) is 5.75 Å². The Labute approximate surface area is 195 Å². The molecule has 33 heavy (non-hydrogen) atoms. The number of aliphatic hydroxyl groups is 3. The van der Waals surface area contributed by atoms with Crippen molar-refractivity contribution in [3.8, 4) is 5.75 Å². The first-order valence-electron chi connectivity index (χ1n) is 11.2. The van der Waals surface area contributed by atoms with E-state index in [1.54, 1.807) is 7.11 Å². The van der Waals surface area contributed by atoms with E-state index in [-0.39, 0.29) is 25.7 Å². The van der Waals surface area contributed by atoms with Crippen LogP contribution in [0.15, 0.2) is 66.7 Å². The Morgan fingerprint density at radius 3 is 2.45 bits per heavy atom. The molecule has 1 aliphatic heterocycles. The van der Waals surface area contributed by atoms with Crippen molar-refractivity contribution in [3.63, 3.8) is 0 Å². The Morgan fingerprint density at radius 1 is 1.03 bits per heavy atom. The molecule has 180 valence electrons. The minimum absolute atomic E-state index is 0.150. The van der Waals surface area contributed by atoms with Crippen molar-refractivity contribution in [2.24, 2.45) is 0 Å². The number of hydrogen-bond donors (Lipinski definition) is 3. The van der Waals surface area contributed by atoms with Crippen LogP contribution in [0.1, 0.15) is 24.0 Å². The fourth-order valence-corrected chi connectivity index (χ4v) is 3.81. The molecular weight excluding hydrogens is 424 g/mol. The Balaban J connectivity index is 1.60. The highest BCUT2D eigenvalue weighted by atomic mass is 16.6. The lowest BCUT2D eigenvalue weighted by Gasteiger charge is -2.40. The largest absolute Gasteiger partial charge is 0.497 e. The first-order chi connectivity index (χ1) is 16.1. The van der Waals surface area contributed by atoms with Gasteiger partial charge in [0.05, 0.1) is 58.0 Å². The first kappa shape index (κ1) is 25.4. The number of aliphatic hydroxyl groups excluding tert-OH is 3. The quantitative estimate of drug-likeness (QED) is 0.421. The van der Waals surface area contributed by atoms with Gasteiger partial charge >= 0.3 is 0 Å². The highest BCUT2D eigenvalue weighted by Gasteiger charge is 2.38. The molecule has 7 heteroatoms. The molecule has 0 amide bonds. The number of hydrogen-bond acceptors (Lipinski definition) is 7. The first-order valence-corrected chi connectivity index (χ1v) is 11.2. The van der Waals surface area contributed by atoms with Gasteiger partial charge in [-0.1, -0.05) is 54.6 Å². The summed E-state index contributed by atoms with van der Waals surface area (Å²) in [5.41, 5.74) is 2.05. The summed E-state index contributed by atoms with van der Waals surface area (Å²) in [6.07, 6.45) is 0.675. The topological polar surface area (TPSA) is 97.6 Å². The molecule has 0 radical (unpaired) electrons. The second-order valence-electron chi connectivity index (χ2n) is 8.13. The SMILES string of the molecule is COc1ccc(COC[C@H]2O[C@@H](CC(O)/C=C\CO)[C@H](O)C[C@@H]2OCc2ccccc2)cc1. The van der Waals surface area contributed by atoms with Gasteiger partial charge in [-0.2, -0.15) is 0 Å². The van der Waals surface area contributed by atoms with E-state index < -0.39 is 24.4 Å². The van der Waals surface area contributed by atoms with E-state index in [0.29, 0.717) is 19.6 Å². The average Bonchev–Trinajstić information content (AvgIpc) is 2.84. The van der Waals surface area contributed by atoms with Gasteiger partial charge in [-0.25, -0.2) is 0 Å². The number of benzene rings is 2. The minimum Gasteiger partial charge on any atom is -0.497 e. The smallest absolute Gasteiger partial charge is 0.118 e. The number of methoxy groups -OCH3 is 1. The van der Waals surface area contributed by atoms with Crippen molar-refractivity contribution in [2.75, 3.05) is 20.3 Å². The third kappa shape index (κ3) is 8.23. The monoisotopic (exact) mass is 458 g/mol. The molecule has 1 fully saturated rings. The average molecular weight is 459 g/mol. The minimum atomic E-state index is -0.820. The molecule has 0 aromatic heterocycles. The fraction of sp³-hybridized carbons (Fsp3) is 0.462. The van der Waals surface area contributed by atoms with E-state index >= 15 is 0 Å². The van der Waals surface area contributed by atoms with E-state index in [9.17, 15) is 10.2 Å². The molecule has 2 aromatic carbocycles. The van der Waals surface area contributed by atoms with Crippen molar-refractivity contribution in [1.29, 1.82) is 0 Å². The second kappa shape index (κ2) is 13.4. The molecule has 3 N–H and O–H groups in total. The van der Waals surface area contributed by atoms with Gasteiger partial charge in [-0.3, -0.25) is 0 Å². The van der Waals surface area contributed by atoms with Crippen LogP contribution >= 0.6 is 0 Å². The lowest BCUT2D eigenvalue weighted by atomic mass is 9.94. The molecule has 3 rings (SSSR count). The fourth-order valence-electron chi connectivity index (χ4n) is 3.81. The molecule has 1 aliphatic rings. The zero-order valence-corrected chi connectivity index (χ0v) is 19.0. The predicted molar refractivity (Wildman–Crippen MR) is 124 cm³/mol. The molecule has 1 heterocycles. The van der Waals surface area contributed by atoms with Crippen LogP contribution < -0.4 is 4.74 Å². The van der Waals surface area contributed by atoms with Crippen LogP contribution in [0.25, 0.3) is 0 Å². The Kier molecular flexibility index (Phi) is 10.3. The molecule has 0 bridgehead atoms. The van der Waals surface area contributed by atoms with Gasteiger partial charge in [-0.15, -0.1) is 0 Å². The summed E-state index contributed by atoms with van der Waals surface area (Å²) >= 11 is 0. The summed E-state index contributed by atoms with van der Waals surface area (Å²) in [7, 11) is 1.63. The van der Waals surface area contributed by atoms with Crippen LogP contribution in [0, 0.1) is 0 Å². The zero-order valence-electron chi connectivity index (χ0n) is 19.0. The van der Waals surface area contributed by atoms with Gasteiger partial charge in [0.25, 0.3) is 0 Å². The zero-order chi connectivity index (χ0) is 23.5. The molecule has 0 aliphatic carbocycles. The Morgan fingerprint density at radius 2 is 1.76 bits per heavy atom. The summed E-state index contributed by atoms with van der Waals surface area (Å²) in [4.78, 5) is 0. The van der Waals surface area contributed by atoms with Crippen molar-refractivity contribution >= 4 is 0 Å². The Bertz CT molecular complexity index is 824. The summed E-state index contributed by atoms with van der Waals surface area (Å²) in [5.74, 6) is 0.786. The number of rotatable bonds is 12. The van der Waals surface area contributed by atoms with E-state index in [1.165, 1.54) is 12.2 Å².